The third-order valence-corrected chi connectivity index (χ3v) is 12.0. The van der Waals surface area contributed by atoms with Crippen molar-refractivity contribution in [3.8, 4) is 5.69 Å². The van der Waals surface area contributed by atoms with Gasteiger partial charge in [0.1, 0.15) is 24.3 Å². The number of para-hydroxylation sites is 3. The number of allylic oxidation sites excluding steroid dienone is 2. The van der Waals surface area contributed by atoms with Crippen molar-refractivity contribution >= 4 is 71.0 Å². The highest BCUT2D eigenvalue weighted by atomic mass is 15.3. The Balaban J connectivity index is 0.984. The fourth-order valence-electron chi connectivity index (χ4n) is 9.23. The Labute approximate surface area is 335 Å². The molecule has 0 saturated carbocycles. The summed E-state index contributed by atoms with van der Waals surface area (Å²) in [4.78, 5) is 5.39. The van der Waals surface area contributed by atoms with E-state index >= 15 is 0 Å². The second-order valence-corrected chi connectivity index (χ2v) is 15.4. The first-order chi connectivity index (χ1) is 28.7. The van der Waals surface area contributed by atoms with Crippen LogP contribution in [-0.2, 0) is 0 Å². The number of aromatic nitrogens is 2. The average molecular weight is 747 g/mol. The van der Waals surface area contributed by atoms with Crippen molar-refractivity contribution in [3.05, 3.63) is 211 Å². The minimum absolute atomic E-state index is 0.174. The number of dihydropyridines is 1. The van der Waals surface area contributed by atoms with E-state index in [0.29, 0.717) is 0 Å². The second kappa shape index (κ2) is 13.1. The molecule has 0 amide bonds. The molecule has 3 atom stereocenters. The topological polar surface area (TPSA) is 58.3 Å². The summed E-state index contributed by atoms with van der Waals surface area (Å²) in [7, 11) is 0. The molecule has 0 saturated heterocycles. The number of benzene rings is 8. The number of amidine groups is 1. The molecule has 2 aliphatic rings. The van der Waals surface area contributed by atoms with E-state index in [1.54, 1.807) is 0 Å². The number of hydrogen-bond acceptors (Lipinski definition) is 4. The van der Waals surface area contributed by atoms with Crippen molar-refractivity contribution in [2.24, 2.45) is 4.99 Å². The summed E-state index contributed by atoms with van der Waals surface area (Å²) >= 11 is 0. The maximum Gasteiger partial charge on any atom is 0.148 e. The van der Waals surface area contributed by atoms with Gasteiger partial charge in [-0.15, -0.1) is 0 Å². The molecule has 276 valence electrons. The van der Waals surface area contributed by atoms with Crippen LogP contribution in [0.1, 0.15) is 29.6 Å². The summed E-state index contributed by atoms with van der Waals surface area (Å²) in [6, 6.07) is 63.4. The fourth-order valence-corrected chi connectivity index (χ4v) is 9.23. The normalized spacial score (nSPS) is 18.2. The van der Waals surface area contributed by atoms with E-state index in [-0.39, 0.29) is 18.5 Å². The molecule has 6 nitrogen and oxygen atoms in total. The Morgan fingerprint density at radius 3 is 1.86 bits per heavy atom. The SMILES string of the molecule is C1=CC(n2c3ccccc3c3cc4c5ccccc5n(-c5ccccc5)c4cc32)NC(C2=NC(c3ccc4ccccc4c3)NC(c3ccc4ccccc4c3)N2)=C1. The van der Waals surface area contributed by atoms with E-state index in [9.17, 15) is 0 Å². The van der Waals surface area contributed by atoms with Crippen molar-refractivity contribution in [1.29, 1.82) is 0 Å². The van der Waals surface area contributed by atoms with Gasteiger partial charge in [0.25, 0.3) is 0 Å². The van der Waals surface area contributed by atoms with Gasteiger partial charge in [0.15, 0.2) is 0 Å². The zero-order valence-electron chi connectivity index (χ0n) is 31.5. The molecule has 0 spiro atoms. The molecule has 8 aromatic carbocycles. The van der Waals surface area contributed by atoms with Gasteiger partial charge in [-0.25, -0.2) is 4.99 Å². The van der Waals surface area contributed by atoms with E-state index in [2.05, 4.69) is 219 Å². The molecule has 2 aromatic heterocycles. The van der Waals surface area contributed by atoms with Gasteiger partial charge in [-0.1, -0.05) is 133 Å². The van der Waals surface area contributed by atoms with Crippen LogP contribution in [0, 0.1) is 0 Å². The Morgan fingerprint density at radius 2 is 1.09 bits per heavy atom. The van der Waals surface area contributed by atoms with Gasteiger partial charge in [0.05, 0.1) is 27.8 Å². The van der Waals surface area contributed by atoms with Crippen molar-refractivity contribution in [1.82, 2.24) is 25.1 Å². The van der Waals surface area contributed by atoms with Gasteiger partial charge in [0.2, 0.25) is 0 Å². The molecule has 6 heteroatoms. The molecular weight excluding hydrogens is 709 g/mol. The molecule has 3 unspecified atom stereocenters. The highest BCUT2D eigenvalue weighted by Gasteiger charge is 2.29. The minimum Gasteiger partial charge on any atom is -0.359 e. The lowest BCUT2D eigenvalue weighted by atomic mass is 10.0. The molecule has 2 aliphatic heterocycles. The molecule has 3 N–H and O–H groups in total. The molecule has 58 heavy (non-hydrogen) atoms. The molecule has 0 aliphatic carbocycles. The lowest BCUT2D eigenvalue weighted by Gasteiger charge is -2.34. The first kappa shape index (κ1) is 32.8. The van der Waals surface area contributed by atoms with Crippen LogP contribution in [0.2, 0.25) is 0 Å². The maximum absolute atomic E-state index is 5.39. The largest absolute Gasteiger partial charge is 0.359 e. The third kappa shape index (κ3) is 5.26. The van der Waals surface area contributed by atoms with Gasteiger partial charge in [0, 0.05) is 27.2 Å². The summed E-state index contributed by atoms with van der Waals surface area (Å²) in [5.74, 6) is 0.816. The van der Waals surface area contributed by atoms with E-state index in [4.69, 9.17) is 4.99 Å². The van der Waals surface area contributed by atoms with E-state index < -0.39 is 0 Å². The van der Waals surface area contributed by atoms with Crippen LogP contribution in [0.25, 0.3) is 70.8 Å². The Morgan fingerprint density at radius 1 is 0.466 bits per heavy atom. The quantitative estimate of drug-likeness (QED) is 0.164. The summed E-state index contributed by atoms with van der Waals surface area (Å²) in [5.41, 5.74) is 9.08. The molecule has 0 fully saturated rings. The maximum atomic E-state index is 5.39. The third-order valence-electron chi connectivity index (χ3n) is 12.0. The number of rotatable bonds is 5. The molecule has 4 heterocycles. The number of nitrogens with zero attached hydrogens (tertiary/aromatic N) is 3. The predicted molar refractivity (Wildman–Crippen MR) is 240 cm³/mol. The van der Waals surface area contributed by atoms with Gasteiger partial charge >= 0.3 is 0 Å². The van der Waals surface area contributed by atoms with Gasteiger partial charge in [-0.2, -0.15) is 0 Å². The molecule has 0 radical (unpaired) electrons. The number of nitrogens with one attached hydrogen (secondary N) is 3. The van der Waals surface area contributed by atoms with E-state index in [1.165, 1.54) is 65.2 Å². The van der Waals surface area contributed by atoms with Crippen LogP contribution in [-0.4, -0.2) is 15.0 Å². The van der Waals surface area contributed by atoms with Gasteiger partial charge in [-0.05, 0) is 93.4 Å². The van der Waals surface area contributed by atoms with Crippen molar-refractivity contribution in [3.63, 3.8) is 0 Å². The molecule has 12 rings (SSSR count). The van der Waals surface area contributed by atoms with Crippen molar-refractivity contribution in [2.45, 2.75) is 18.5 Å². The first-order valence-electron chi connectivity index (χ1n) is 20.0. The van der Waals surface area contributed by atoms with Crippen LogP contribution < -0.4 is 16.0 Å². The Hall–Kier alpha value is -7.41. The second-order valence-electron chi connectivity index (χ2n) is 15.4. The Bertz CT molecular complexity index is 3350. The summed E-state index contributed by atoms with van der Waals surface area (Å²) in [6.45, 7) is 0. The van der Waals surface area contributed by atoms with Crippen LogP contribution in [0.4, 0.5) is 0 Å². The lowest BCUT2D eigenvalue weighted by molar-refractivity contribution is 0.406. The van der Waals surface area contributed by atoms with E-state index in [1.807, 2.05) is 0 Å². The standard InChI is InChI=1S/C52H38N6/c1-2-17-39(18-3-1)57-45-22-10-8-19-40(45)42-31-43-41-20-9-11-23-46(41)58(48(43)32-47(42)57)49-24-12-21-44(53-49)52-55-50(37-27-25-33-13-4-6-15-35(33)29-37)54-51(56-52)38-28-26-34-14-5-7-16-36(34)30-38/h1-32,49-51,53-54H,(H,55,56). The first-order valence-corrected chi connectivity index (χ1v) is 20.0. The van der Waals surface area contributed by atoms with Crippen LogP contribution >= 0.6 is 0 Å². The summed E-state index contributed by atoms with van der Waals surface area (Å²) in [6.07, 6.45) is 5.93. The van der Waals surface area contributed by atoms with Crippen molar-refractivity contribution in [2.75, 3.05) is 0 Å². The lowest BCUT2D eigenvalue weighted by Crippen LogP contribution is -2.47. The molecular formula is C52H38N6. The number of fused-ring (bicyclic) bond motifs is 8. The highest BCUT2D eigenvalue weighted by Crippen LogP contribution is 2.40. The fraction of sp³-hybridized carbons (Fsp3) is 0.0577. The van der Waals surface area contributed by atoms with Gasteiger partial charge < -0.3 is 19.8 Å². The Kier molecular flexibility index (Phi) is 7.40. The average Bonchev–Trinajstić information content (AvgIpc) is 3.80. The van der Waals surface area contributed by atoms with Gasteiger partial charge in [-0.3, -0.25) is 5.32 Å². The van der Waals surface area contributed by atoms with Crippen LogP contribution in [0.3, 0.4) is 0 Å². The molecule has 0 bridgehead atoms. The number of aliphatic imine (C=N–C) groups is 1. The number of hydrogen-bond donors (Lipinski definition) is 3. The van der Waals surface area contributed by atoms with Crippen molar-refractivity contribution < 1.29 is 0 Å². The smallest absolute Gasteiger partial charge is 0.148 e. The van der Waals surface area contributed by atoms with E-state index in [0.717, 1.165) is 28.3 Å². The predicted octanol–water partition coefficient (Wildman–Crippen LogP) is 11.7. The summed E-state index contributed by atoms with van der Waals surface area (Å²) in [5, 5.41) is 21.4. The monoisotopic (exact) mass is 746 g/mol. The van der Waals surface area contributed by atoms with Crippen LogP contribution in [0.15, 0.2) is 205 Å². The van der Waals surface area contributed by atoms with Crippen LogP contribution in [0.5, 0.6) is 0 Å². The molecule has 10 aromatic rings. The highest BCUT2D eigenvalue weighted by molar-refractivity contribution is 6.18. The zero-order chi connectivity index (χ0) is 38.2. The minimum atomic E-state index is -0.272. The summed E-state index contributed by atoms with van der Waals surface area (Å²) < 4.78 is 4.85. The zero-order valence-corrected chi connectivity index (χ0v) is 31.5.